The fourth-order valence-corrected chi connectivity index (χ4v) is 1.36. The molecule has 1 atom stereocenters. The van der Waals surface area contributed by atoms with E-state index in [0.717, 1.165) is 0 Å². The van der Waals surface area contributed by atoms with Crippen LogP contribution in [-0.2, 0) is 9.59 Å². The van der Waals surface area contributed by atoms with Crippen molar-refractivity contribution in [3.8, 4) is 0 Å². The number of unbranched alkanes of at least 4 members (excludes halogenated alkanes) is 1. The number of aliphatic carboxylic acids is 1. The highest BCUT2D eigenvalue weighted by Crippen LogP contribution is 2.02. The summed E-state index contributed by atoms with van der Waals surface area (Å²) >= 11 is 0. The zero-order valence-electron chi connectivity index (χ0n) is 10.0. The molecule has 0 radical (unpaired) electrons. The number of rotatable bonds is 8. The molecule has 0 fully saturated rings. The van der Waals surface area contributed by atoms with Crippen LogP contribution in [0.25, 0.3) is 0 Å². The van der Waals surface area contributed by atoms with Gasteiger partial charge in [-0.3, -0.25) is 9.59 Å². The summed E-state index contributed by atoms with van der Waals surface area (Å²) in [6.07, 6.45) is 2.07. The molecular weight excluding hydrogens is 208 g/mol. The molecule has 0 spiro atoms. The molecule has 0 aliphatic carbocycles. The zero-order chi connectivity index (χ0) is 12.6. The number of hydrogen-bond donors (Lipinski definition) is 3. The lowest BCUT2D eigenvalue weighted by Gasteiger charge is -2.13. The number of hydrogen-bond acceptors (Lipinski definition) is 3. The highest BCUT2D eigenvalue weighted by Gasteiger charge is 2.13. The SMILES string of the molecule is CC(C)C[C@H](N)C(=O)NCCCCC(=O)O. The van der Waals surface area contributed by atoms with E-state index in [0.29, 0.717) is 31.7 Å². The number of nitrogens with one attached hydrogen (secondary N) is 1. The van der Waals surface area contributed by atoms with E-state index < -0.39 is 12.0 Å². The van der Waals surface area contributed by atoms with Crippen molar-refractivity contribution in [1.82, 2.24) is 5.32 Å². The molecule has 0 saturated carbocycles. The fraction of sp³-hybridized carbons (Fsp3) is 0.818. The smallest absolute Gasteiger partial charge is 0.303 e. The van der Waals surface area contributed by atoms with Gasteiger partial charge in [-0.15, -0.1) is 0 Å². The second-order valence-electron chi connectivity index (χ2n) is 4.38. The molecule has 0 bridgehead atoms. The standard InChI is InChI=1S/C11H22N2O3/c1-8(2)7-9(12)11(16)13-6-4-3-5-10(14)15/h8-9H,3-7,12H2,1-2H3,(H,13,16)(H,14,15)/t9-/m0/s1. The minimum Gasteiger partial charge on any atom is -0.481 e. The first-order valence-electron chi connectivity index (χ1n) is 5.68. The second kappa shape index (κ2) is 8.10. The predicted molar refractivity (Wildman–Crippen MR) is 61.9 cm³/mol. The molecule has 1 amide bonds. The summed E-state index contributed by atoms with van der Waals surface area (Å²) in [5.74, 6) is -0.556. The van der Waals surface area contributed by atoms with Crippen LogP contribution < -0.4 is 11.1 Å². The summed E-state index contributed by atoms with van der Waals surface area (Å²) in [4.78, 5) is 21.6. The molecule has 5 heteroatoms. The Hall–Kier alpha value is -1.10. The summed E-state index contributed by atoms with van der Waals surface area (Å²) in [6, 6.07) is -0.459. The van der Waals surface area contributed by atoms with Gasteiger partial charge in [0.2, 0.25) is 5.91 Å². The molecule has 16 heavy (non-hydrogen) atoms. The van der Waals surface area contributed by atoms with Gasteiger partial charge in [0.1, 0.15) is 0 Å². The average molecular weight is 230 g/mol. The van der Waals surface area contributed by atoms with E-state index in [-0.39, 0.29) is 12.3 Å². The Balaban J connectivity index is 3.53. The van der Waals surface area contributed by atoms with E-state index >= 15 is 0 Å². The molecule has 0 aromatic rings. The average Bonchev–Trinajstić information content (AvgIpc) is 2.15. The van der Waals surface area contributed by atoms with Crippen molar-refractivity contribution in [3.63, 3.8) is 0 Å². The van der Waals surface area contributed by atoms with Gasteiger partial charge in [0.25, 0.3) is 0 Å². The van der Waals surface area contributed by atoms with E-state index in [2.05, 4.69) is 5.32 Å². The Morgan fingerprint density at radius 1 is 1.31 bits per heavy atom. The van der Waals surface area contributed by atoms with Gasteiger partial charge in [0.15, 0.2) is 0 Å². The molecular formula is C11H22N2O3. The molecule has 0 aromatic carbocycles. The fourth-order valence-electron chi connectivity index (χ4n) is 1.36. The maximum atomic E-state index is 11.4. The molecule has 5 nitrogen and oxygen atoms in total. The third-order valence-electron chi connectivity index (χ3n) is 2.18. The summed E-state index contributed by atoms with van der Waals surface area (Å²) in [5, 5.41) is 11.1. The second-order valence-corrected chi connectivity index (χ2v) is 4.38. The zero-order valence-corrected chi connectivity index (χ0v) is 10.0. The topological polar surface area (TPSA) is 92.4 Å². The summed E-state index contributed by atoms with van der Waals surface area (Å²) in [5.41, 5.74) is 5.67. The first-order valence-corrected chi connectivity index (χ1v) is 5.68. The maximum absolute atomic E-state index is 11.4. The Labute approximate surface area is 96.4 Å². The van der Waals surface area contributed by atoms with Crippen LogP contribution in [0.5, 0.6) is 0 Å². The van der Waals surface area contributed by atoms with E-state index in [9.17, 15) is 9.59 Å². The Morgan fingerprint density at radius 3 is 2.44 bits per heavy atom. The van der Waals surface area contributed by atoms with Gasteiger partial charge in [-0.25, -0.2) is 0 Å². The molecule has 4 N–H and O–H groups in total. The minimum absolute atomic E-state index is 0.147. The number of nitrogens with two attached hydrogens (primary N) is 1. The highest BCUT2D eigenvalue weighted by molar-refractivity contribution is 5.81. The lowest BCUT2D eigenvalue weighted by Crippen LogP contribution is -2.41. The molecule has 0 aliphatic rings. The first-order chi connectivity index (χ1) is 7.43. The van der Waals surface area contributed by atoms with Gasteiger partial charge in [-0.2, -0.15) is 0 Å². The van der Waals surface area contributed by atoms with Crippen LogP contribution in [0.1, 0.15) is 39.5 Å². The van der Waals surface area contributed by atoms with Crippen LogP contribution in [0, 0.1) is 5.92 Å². The number of carbonyl (C=O) groups excluding carboxylic acids is 1. The largest absolute Gasteiger partial charge is 0.481 e. The third-order valence-corrected chi connectivity index (χ3v) is 2.18. The van der Waals surface area contributed by atoms with Crippen LogP contribution >= 0.6 is 0 Å². The third kappa shape index (κ3) is 8.23. The first kappa shape index (κ1) is 14.9. The van der Waals surface area contributed by atoms with Crippen molar-refractivity contribution in [3.05, 3.63) is 0 Å². The van der Waals surface area contributed by atoms with E-state index in [1.54, 1.807) is 0 Å². The molecule has 0 rings (SSSR count). The van der Waals surface area contributed by atoms with Gasteiger partial charge in [-0.1, -0.05) is 13.8 Å². The number of amides is 1. The summed E-state index contributed by atoms with van der Waals surface area (Å²) in [7, 11) is 0. The highest BCUT2D eigenvalue weighted by atomic mass is 16.4. The molecule has 0 aromatic heterocycles. The predicted octanol–water partition coefficient (Wildman–Crippen LogP) is 0.731. The Kier molecular flexibility index (Phi) is 7.54. The Morgan fingerprint density at radius 2 is 1.94 bits per heavy atom. The van der Waals surface area contributed by atoms with Gasteiger partial charge >= 0.3 is 5.97 Å². The monoisotopic (exact) mass is 230 g/mol. The van der Waals surface area contributed by atoms with Crippen molar-refractivity contribution in [2.75, 3.05) is 6.54 Å². The molecule has 0 aliphatic heterocycles. The molecule has 0 saturated heterocycles. The van der Waals surface area contributed by atoms with E-state index in [1.165, 1.54) is 0 Å². The lowest BCUT2D eigenvalue weighted by molar-refractivity contribution is -0.137. The number of carbonyl (C=O) groups is 2. The van der Waals surface area contributed by atoms with Gasteiger partial charge < -0.3 is 16.2 Å². The van der Waals surface area contributed by atoms with Gasteiger partial charge in [-0.05, 0) is 25.2 Å². The van der Waals surface area contributed by atoms with Gasteiger partial charge in [0.05, 0.1) is 6.04 Å². The summed E-state index contributed by atoms with van der Waals surface area (Å²) < 4.78 is 0. The van der Waals surface area contributed by atoms with E-state index in [1.807, 2.05) is 13.8 Å². The van der Waals surface area contributed by atoms with Crippen molar-refractivity contribution in [2.45, 2.75) is 45.6 Å². The Bertz CT molecular complexity index is 229. The lowest BCUT2D eigenvalue weighted by atomic mass is 10.0. The molecule has 0 unspecified atom stereocenters. The van der Waals surface area contributed by atoms with Crippen LogP contribution in [0.4, 0.5) is 0 Å². The van der Waals surface area contributed by atoms with Crippen molar-refractivity contribution >= 4 is 11.9 Å². The quantitative estimate of drug-likeness (QED) is 0.536. The maximum Gasteiger partial charge on any atom is 0.303 e. The van der Waals surface area contributed by atoms with Crippen LogP contribution in [0.3, 0.4) is 0 Å². The van der Waals surface area contributed by atoms with E-state index in [4.69, 9.17) is 10.8 Å². The number of carboxylic acids is 1. The summed E-state index contributed by atoms with van der Waals surface area (Å²) in [6.45, 7) is 4.53. The molecule has 0 heterocycles. The van der Waals surface area contributed by atoms with Crippen LogP contribution in [0.2, 0.25) is 0 Å². The number of carboxylic acid groups (broad SMARTS) is 1. The van der Waals surface area contributed by atoms with Crippen molar-refractivity contribution in [2.24, 2.45) is 11.7 Å². The normalized spacial score (nSPS) is 12.5. The molecule has 94 valence electrons. The van der Waals surface area contributed by atoms with Crippen LogP contribution in [-0.4, -0.2) is 29.6 Å². The van der Waals surface area contributed by atoms with Gasteiger partial charge in [0, 0.05) is 13.0 Å². The van der Waals surface area contributed by atoms with Crippen molar-refractivity contribution in [1.29, 1.82) is 0 Å². The minimum atomic E-state index is -0.803. The van der Waals surface area contributed by atoms with Crippen LogP contribution in [0.15, 0.2) is 0 Å². The van der Waals surface area contributed by atoms with Crippen molar-refractivity contribution < 1.29 is 14.7 Å².